The van der Waals surface area contributed by atoms with Gasteiger partial charge in [0.25, 0.3) is 5.91 Å². The molecule has 9 aromatic heterocycles. The number of carbonyl (C=O) groups is 2. The lowest BCUT2D eigenvalue weighted by molar-refractivity contribution is -0.269. The van der Waals surface area contributed by atoms with Gasteiger partial charge in [0, 0.05) is 53.9 Å². The van der Waals surface area contributed by atoms with Gasteiger partial charge in [0.1, 0.15) is 40.6 Å². The van der Waals surface area contributed by atoms with E-state index < -0.39 is 109 Å². The summed E-state index contributed by atoms with van der Waals surface area (Å²) in [5.41, 5.74) is 3.12. The van der Waals surface area contributed by atoms with Crippen LogP contribution in [0.4, 0.5) is 52.7 Å². The van der Waals surface area contributed by atoms with Crippen molar-refractivity contribution in [2.75, 3.05) is 6.61 Å². The Kier molecular flexibility index (Phi) is 23.4. The molecule has 0 aliphatic carbocycles. The quantitative estimate of drug-likeness (QED) is 0.0303. The topological polar surface area (TPSA) is 285 Å². The highest BCUT2D eigenvalue weighted by molar-refractivity contribution is 7.04. The number of alkyl halides is 9. The number of rotatable bonds is 18. The number of halogens is 13. The molecule has 0 aliphatic heterocycles. The number of hydrogen-bond donors (Lipinski definition) is 5. The second-order valence-corrected chi connectivity index (χ2v) is 27.1. The summed E-state index contributed by atoms with van der Waals surface area (Å²) in [5.74, 6) is -0.564. The molecular formula is C69H63AlClF12N15O6. The van der Waals surface area contributed by atoms with Crippen molar-refractivity contribution < 1.29 is 82.3 Å². The molecule has 12 aromatic rings. The molecular weight excluding hydrogens is 1430 g/mol. The Morgan fingerprint density at radius 3 is 1.09 bits per heavy atom. The van der Waals surface area contributed by atoms with Crippen molar-refractivity contribution in [1.29, 1.82) is 5.26 Å². The van der Waals surface area contributed by atoms with E-state index in [0.29, 0.717) is 72.2 Å². The molecule has 104 heavy (non-hydrogen) atoms. The molecule has 0 saturated carbocycles. The predicted octanol–water partition coefficient (Wildman–Crippen LogP) is 13.1. The number of nitrogens with two attached hydrogens (primary N) is 2. The van der Waals surface area contributed by atoms with Crippen LogP contribution in [0.1, 0.15) is 107 Å². The average molecular weight is 1490 g/mol. The standard InChI is InChI=1S/C24H22F4N4O3.C22H19F4N5O2.C22H17F4N5O.CH3.Al.ClH.H2N/c1-3-23(34,24(26,27)28)20-14-32(30-29-20)12-15-5-10-19-21(16-6-8-17(25)9-7-16)18(13-31(19)11-15)22(33)35-4-2;1-2-21(33,22(24,25)26)18-12-31(29-28-18)10-13-3-8-17-19(14-4-6-15(23)7-5-14)16(20(27)32)11-30(17)9-13;1-2-21(32,22(24,25)26)19-13-31(29-28-19)11-14-3-8-18-20(15-4-6-17(23)7-5-15)16(9-27)12-30(18)10-14;;;;/h5-11,13-14,34H,3-4,12H2,1-2H3;3-9,11-12,33H,2,10H2,1H3,(H2,27,32);3-8,10,12-13,32H,2,11H2,1H3;1H3;;1H;1H2/q;;;;+2;;-1/p-1. The van der Waals surface area contributed by atoms with Crippen molar-refractivity contribution in [2.45, 2.75) is 108 Å². The van der Waals surface area contributed by atoms with Gasteiger partial charge in [0.2, 0.25) is 16.8 Å². The molecule has 0 fully saturated rings. The van der Waals surface area contributed by atoms with E-state index in [0.717, 1.165) is 18.6 Å². The monoisotopic (exact) mass is 1490 g/mol. The van der Waals surface area contributed by atoms with Crippen LogP contribution in [-0.4, -0.2) is 124 Å². The number of ether oxygens (including phenoxy) is 1. The minimum atomic E-state index is -4.90. The summed E-state index contributed by atoms with van der Waals surface area (Å²) in [7, 11) is 5.19. The van der Waals surface area contributed by atoms with E-state index >= 15 is 0 Å². The van der Waals surface area contributed by atoms with Gasteiger partial charge in [0.05, 0.1) is 78.1 Å². The predicted molar refractivity (Wildman–Crippen MR) is 357 cm³/mol. The number of primary amides is 1. The summed E-state index contributed by atoms with van der Waals surface area (Å²) >= 11 is -1.17. The van der Waals surface area contributed by atoms with E-state index in [1.807, 2.05) is 5.79 Å². The summed E-state index contributed by atoms with van der Waals surface area (Å²) in [5, 5.41) is 61.5. The van der Waals surface area contributed by atoms with Crippen LogP contribution < -0.4 is 10.5 Å². The molecule has 0 aliphatic rings. The number of carbonyl (C=O) groups excluding carboxylic acids is 2. The number of pyridine rings is 3. The van der Waals surface area contributed by atoms with E-state index in [1.165, 1.54) is 89.5 Å². The zero-order valence-electron chi connectivity index (χ0n) is 55.6. The highest BCUT2D eigenvalue weighted by atomic mass is 35.6. The third-order valence-electron chi connectivity index (χ3n) is 16.6. The molecule has 0 radical (unpaired) electrons. The van der Waals surface area contributed by atoms with Crippen LogP contribution in [-0.2, 0) is 41.2 Å². The van der Waals surface area contributed by atoms with Crippen LogP contribution >= 0.6 is 10.0 Å². The van der Waals surface area contributed by atoms with Gasteiger partial charge in [-0.3, -0.25) is 4.79 Å². The number of nitrogens with zero attached hydrogens (tertiary/aromatic N) is 13. The Morgan fingerprint density at radius 2 is 0.788 bits per heavy atom. The first-order valence-electron chi connectivity index (χ1n) is 31.5. The molecule has 3 unspecified atom stereocenters. The maximum atomic E-state index is 13.5. The van der Waals surface area contributed by atoms with Crippen LogP contribution in [0.25, 0.3) is 49.9 Å². The first-order chi connectivity index (χ1) is 49.0. The maximum absolute atomic E-state index is 13.5. The number of benzene rings is 3. The van der Waals surface area contributed by atoms with Gasteiger partial charge in [-0.05, 0) is 114 Å². The summed E-state index contributed by atoms with van der Waals surface area (Å²) in [6.07, 6.45) is -3.44. The summed E-state index contributed by atoms with van der Waals surface area (Å²) in [6, 6.07) is 29.7. The Labute approximate surface area is 592 Å². The molecule has 544 valence electrons. The highest BCUT2D eigenvalue weighted by Gasteiger charge is 2.57. The number of esters is 1. The molecule has 7 N–H and O–H groups in total. The second-order valence-electron chi connectivity index (χ2n) is 23.7. The van der Waals surface area contributed by atoms with E-state index in [9.17, 15) is 82.9 Å². The molecule has 21 nitrogen and oxygen atoms in total. The van der Waals surface area contributed by atoms with E-state index in [2.05, 4.69) is 37.0 Å². The van der Waals surface area contributed by atoms with Gasteiger partial charge >= 0.3 is 37.9 Å². The average Bonchev–Trinajstić information content (AvgIpc) is 1.62. The third kappa shape index (κ3) is 16.6. The number of hydrogen-bond acceptors (Lipinski definition) is 14. The normalized spacial score (nSPS) is 13.5. The van der Waals surface area contributed by atoms with Crippen LogP contribution in [0.2, 0.25) is 5.79 Å². The van der Waals surface area contributed by atoms with Crippen LogP contribution in [0, 0.1) is 28.8 Å². The van der Waals surface area contributed by atoms with Gasteiger partial charge in [-0.15, -0.1) is 15.3 Å². The smallest absolute Gasteiger partial charge is 0.462 e. The van der Waals surface area contributed by atoms with Crippen LogP contribution in [0.15, 0.2) is 165 Å². The van der Waals surface area contributed by atoms with Crippen molar-refractivity contribution >= 4 is 51.9 Å². The van der Waals surface area contributed by atoms with Crippen LogP contribution in [0.5, 0.6) is 0 Å². The molecule has 1 amide bonds. The third-order valence-corrected chi connectivity index (χ3v) is 16.6. The summed E-state index contributed by atoms with van der Waals surface area (Å²) in [4.78, 5) is 24.6. The Morgan fingerprint density at radius 1 is 0.490 bits per heavy atom. The lowest BCUT2D eigenvalue weighted by Gasteiger charge is -2.26. The zero-order valence-corrected chi connectivity index (χ0v) is 57.5. The number of nitriles is 1. The molecule has 0 spiro atoms. The van der Waals surface area contributed by atoms with Crippen molar-refractivity contribution in [2.24, 2.45) is 10.5 Å². The van der Waals surface area contributed by atoms with Gasteiger partial charge < -0.3 is 43.7 Å². The fourth-order valence-electron chi connectivity index (χ4n) is 11.2. The first-order valence-corrected chi connectivity index (χ1v) is 35.1. The second kappa shape index (κ2) is 31.3. The maximum Gasteiger partial charge on any atom is 0.494 e. The number of aromatic nitrogens is 12. The van der Waals surface area contributed by atoms with Gasteiger partial charge in [-0.2, -0.15) is 44.8 Å². The molecule has 35 heteroatoms. The molecule has 0 bridgehead atoms. The number of aliphatic hydroxyl groups is 3. The van der Waals surface area contributed by atoms with E-state index in [1.54, 1.807) is 112 Å². The highest BCUT2D eigenvalue weighted by Crippen LogP contribution is 2.44. The number of amides is 1. The van der Waals surface area contributed by atoms with Gasteiger partial charge in [-0.1, -0.05) is 96.8 Å². The van der Waals surface area contributed by atoms with E-state index in [4.69, 9.17) is 25.2 Å². The molecule has 3 atom stereocenters. The Balaban J connectivity index is 0.000000176. The minimum Gasteiger partial charge on any atom is -0.462 e. The van der Waals surface area contributed by atoms with Gasteiger partial charge in [0.15, 0.2) is 0 Å². The Bertz CT molecular complexity index is 5060. The van der Waals surface area contributed by atoms with Crippen molar-refractivity contribution in [3.05, 3.63) is 233 Å². The van der Waals surface area contributed by atoms with E-state index in [-0.39, 0.29) is 43.2 Å². The first kappa shape index (κ1) is 77.8. The zero-order chi connectivity index (χ0) is 76.0. The molecule has 12 rings (SSSR count). The fraction of sp³-hybridized carbons (Fsp3) is 0.261. The lowest BCUT2D eigenvalue weighted by atomic mass is 9.96. The number of fused-ring (bicyclic) bond motifs is 3. The fourth-order valence-corrected chi connectivity index (χ4v) is 11.2. The van der Waals surface area contributed by atoms with Crippen LogP contribution in [0.3, 0.4) is 0 Å². The van der Waals surface area contributed by atoms with Gasteiger partial charge in [-0.25, -0.2) is 42.1 Å². The molecule has 0 saturated heterocycles. The Hall–Kier alpha value is -10.4. The summed E-state index contributed by atoms with van der Waals surface area (Å²) < 4.78 is 179. The molecule has 3 aromatic carbocycles. The minimum absolute atomic E-state index is 0.0660. The lowest BCUT2D eigenvalue weighted by Crippen LogP contribution is -2.42. The van der Waals surface area contributed by atoms with Crippen molar-refractivity contribution in [3.8, 4) is 39.4 Å². The largest absolute Gasteiger partial charge is 0.494 e. The van der Waals surface area contributed by atoms with Crippen molar-refractivity contribution in [1.82, 2.24) is 58.2 Å². The van der Waals surface area contributed by atoms with Crippen molar-refractivity contribution in [3.63, 3.8) is 0 Å². The molecule has 9 heterocycles. The summed E-state index contributed by atoms with van der Waals surface area (Å²) in [6.45, 7) is 5.75. The SMILES string of the molecule is CCC(O)(c1cn(Cc2ccc3c(-c4ccc(F)cc4)c(C#N)cn3c2)nn1)C(F)(F)F.CCC(O)(c1cn(Cc2ccc3c(-c4ccc(F)cc4)c(C(N)=O)cn3c2)nn1)C(F)(F)F.CCOC(=O)c1cn2cc(Cn3cc(C(O)(CC)C(F)(F)F)nn3)ccc2c1-c1ccc(F)cc1.[CH3][Al]([NH2])[Cl].